The summed E-state index contributed by atoms with van der Waals surface area (Å²) in [5.41, 5.74) is 1.00. The molecule has 3 aromatic rings. The first-order valence-electron chi connectivity index (χ1n) is 7.66. The largest absolute Gasteiger partial charge is 0.457 e. The average molecular weight is 352 g/mol. The number of rotatable bonds is 5. The number of ketones is 1. The Balaban J connectivity index is 1.83. The molecule has 1 aromatic heterocycles. The van der Waals surface area contributed by atoms with Crippen LogP contribution in [0.25, 0.3) is 0 Å². The average Bonchev–Trinajstić information content (AvgIpc) is 2.97. The third kappa shape index (κ3) is 3.92. The molecule has 0 atom stereocenters. The van der Waals surface area contributed by atoms with Gasteiger partial charge in [0.05, 0.1) is 16.1 Å². The van der Waals surface area contributed by atoms with Crippen LogP contribution in [0.1, 0.15) is 32.6 Å². The van der Waals surface area contributed by atoms with Crippen LogP contribution in [-0.4, -0.2) is 16.7 Å². The van der Waals surface area contributed by atoms with Crippen LogP contribution in [0.2, 0.25) is 0 Å². The van der Waals surface area contributed by atoms with E-state index in [1.165, 1.54) is 18.3 Å². The number of hydrogen-bond donors (Lipinski definition) is 1. The Hall–Kier alpha value is -2.99. The van der Waals surface area contributed by atoms with Gasteiger partial charge in [-0.2, -0.15) is 0 Å². The van der Waals surface area contributed by atoms with E-state index in [2.05, 4.69) is 10.3 Å². The molecule has 1 heterocycles. The molecule has 0 fully saturated rings. The van der Waals surface area contributed by atoms with E-state index in [-0.39, 0.29) is 11.7 Å². The molecule has 6 heteroatoms. The molecule has 2 aromatic carbocycles. The molecule has 3 rings (SSSR count). The van der Waals surface area contributed by atoms with E-state index in [9.17, 15) is 9.59 Å². The van der Waals surface area contributed by atoms with E-state index in [0.29, 0.717) is 32.8 Å². The van der Waals surface area contributed by atoms with Crippen LogP contribution in [-0.2, 0) is 0 Å². The fourth-order valence-electron chi connectivity index (χ4n) is 2.30. The monoisotopic (exact) mass is 352 g/mol. The van der Waals surface area contributed by atoms with Gasteiger partial charge >= 0.3 is 0 Å². The van der Waals surface area contributed by atoms with Crippen molar-refractivity contribution in [2.45, 2.75) is 13.8 Å². The molecule has 0 unspecified atom stereocenters. The number of benzene rings is 2. The fraction of sp³-hybridized carbons (Fsp3) is 0.105. The highest BCUT2D eigenvalue weighted by Crippen LogP contribution is 2.27. The summed E-state index contributed by atoms with van der Waals surface area (Å²) < 4.78 is 5.80. The number of anilines is 1. The van der Waals surface area contributed by atoms with Gasteiger partial charge in [-0.3, -0.25) is 14.9 Å². The first kappa shape index (κ1) is 16.9. The van der Waals surface area contributed by atoms with Gasteiger partial charge in [0.25, 0.3) is 5.91 Å². The van der Waals surface area contributed by atoms with Crippen molar-refractivity contribution in [1.82, 2.24) is 4.98 Å². The Bertz CT molecular complexity index is 919. The number of carbonyl (C=O) groups is 2. The Morgan fingerprint density at radius 2 is 1.72 bits per heavy atom. The third-order valence-corrected chi connectivity index (χ3v) is 4.61. The molecule has 0 bridgehead atoms. The number of hydrogen-bond acceptors (Lipinski definition) is 5. The number of nitrogens with zero attached hydrogens (tertiary/aromatic N) is 1. The predicted octanol–water partition coefficient (Wildman–Crippen LogP) is 4.70. The minimum Gasteiger partial charge on any atom is -0.457 e. The van der Waals surface area contributed by atoms with Crippen molar-refractivity contribution >= 4 is 28.2 Å². The summed E-state index contributed by atoms with van der Waals surface area (Å²) in [6, 6.07) is 16.2. The number of para-hydroxylation sites is 2. The van der Waals surface area contributed by atoms with Crippen molar-refractivity contribution in [3.63, 3.8) is 0 Å². The van der Waals surface area contributed by atoms with Gasteiger partial charge in [-0.25, -0.2) is 4.98 Å². The van der Waals surface area contributed by atoms with Gasteiger partial charge in [-0.05, 0) is 31.2 Å². The molecule has 126 valence electrons. The first-order chi connectivity index (χ1) is 12.0. The van der Waals surface area contributed by atoms with Crippen LogP contribution < -0.4 is 10.1 Å². The lowest BCUT2D eigenvalue weighted by Crippen LogP contribution is -2.12. The second-order valence-electron chi connectivity index (χ2n) is 5.36. The number of thiazole rings is 1. The second kappa shape index (κ2) is 7.27. The minimum atomic E-state index is -0.338. The predicted molar refractivity (Wildman–Crippen MR) is 97.8 cm³/mol. The zero-order valence-electron chi connectivity index (χ0n) is 13.8. The smallest absolute Gasteiger partial charge is 0.261 e. The summed E-state index contributed by atoms with van der Waals surface area (Å²) in [6.07, 6.45) is 0. The Kier molecular flexibility index (Phi) is 4.90. The molecule has 0 saturated carbocycles. The normalized spacial score (nSPS) is 10.3. The van der Waals surface area contributed by atoms with E-state index >= 15 is 0 Å². The Morgan fingerprint density at radius 1 is 1.04 bits per heavy atom. The van der Waals surface area contributed by atoms with Crippen LogP contribution in [0, 0.1) is 6.92 Å². The van der Waals surface area contributed by atoms with E-state index < -0.39 is 0 Å². The zero-order chi connectivity index (χ0) is 17.8. The van der Waals surface area contributed by atoms with Crippen molar-refractivity contribution < 1.29 is 14.3 Å². The van der Waals surface area contributed by atoms with E-state index in [4.69, 9.17) is 4.74 Å². The summed E-state index contributed by atoms with van der Waals surface area (Å²) in [7, 11) is 0. The second-order valence-corrected chi connectivity index (χ2v) is 6.35. The molecule has 0 aliphatic heterocycles. The highest BCUT2D eigenvalue weighted by atomic mass is 32.1. The van der Waals surface area contributed by atoms with Crippen molar-refractivity contribution in [2.75, 3.05) is 5.32 Å². The number of aryl methyl sites for hydroxylation is 1. The minimum absolute atomic E-state index is 0.0664. The molecular formula is C19H16N2O3S. The SMILES string of the molecule is CC(=O)c1sc(NC(=O)c2ccccc2Oc2ccccc2)nc1C. The van der Waals surface area contributed by atoms with Gasteiger partial charge in [0, 0.05) is 6.92 Å². The molecule has 0 aliphatic rings. The highest BCUT2D eigenvalue weighted by Gasteiger charge is 2.17. The van der Waals surface area contributed by atoms with Crippen molar-refractivity contribution in [3.8, 4) is 11.5 Å². The first-order valence-corrected chi connectivity index (χ1v) is 8.48. The fourth-order valence-corrected chi connectivity index (χ4v) is 3.16. The Morgan fingerprint density at radius 3 is 2.40 bits per heavy atom. The van der Waals surface area contributed by atoms with Crippen molar-refractivity contribution in [3.05, 3.63) is 70.7 Å². The summed E-state index contributed by atoms with van der Waals surface area (Å²) in [5.74, 6) is 0.691. The zero-order valence-corrected chi connectivity index (χ0v) is 14.6. The standard InChI is InChI=1S/C19H16N2O3S/c1-12-17(13(2)22)25-19(20-12)21-18(23)15-10-6-7-11-16(15)24-14-8-4-3-5-9-14/h3-11H,1-2H3,(H,20,21,23). The summed E-state index contributed by atoms with van der Waals surface area (Å²) in [4.78, 5) is 28.9. The number of amides is 1. The molecule has 1 N–H and O–H groups in total. The lowest BCUT2D eigenvalue weighted by molar-refractivity contribution is 0.101. The molecule has 0 aliphatic carbocycles. The highest BCUT2D eigenvalue weighted by molar-refractivity contribution is 7.17. The van der Waals surface area contributed by atoms with Gasteiger partial charge in [-0.1, -0.05) is 41.7 Å². The van der Waals surface area contributed by atoms with Crippen LogP contribution >= 0.6 is 11.3 Å². The van der Waals surface area contributed by atoms with E-state index in [0.717, 1.165) is 0 Å². The van der Waals surface area contributed by atoms with Crippen molar-refractivity contribution in [2.24, 2.45) is 0 Å². The van der Waals surface area contributed by atoms with Gasteiger partial charge < -0.3 is 4.74 Å². The topological polar surface area (TPSA) is 68.3 Å². The number of ether oxygens (including phenoxy) is 1. The Labute approximate surface area is 149 Å². The van der Waals surface area contributed by atoms with Crippen LogP contribution in [0.5, 0.6) is 11.5 Å². The van der Waals surface area contributed by atoms with Crippen LogP contribution in [0.15, 0.2) is 54.6 Å². The maximum Gasteiger partial charge on any atom is 0.261 e. The van der Waals surface area contributed by atoms with E-state index in [1.807, 2.05) is 30.3 Å². The van der Waals surface area contributed by atoms with Gasteiger partial charge in [0.2, 0.25) is 0 Å². The maximum atomic E-state index is 12.6. The molecule has 5 nitrogen and oxygen atoms in total. The molecule has 1 amide bonds. The number of carbonyl (C=O) groups excluding carboxylic acids is 2. The molecule has 0 spiro atoms. The number of aromatic nitrogens is 1. The summed E-state index contributed by atoms with van der Waals surface area (Å²) in [5, 5.41) is 3.13. The maximum absolute atomic E-state index is 12.6. The molecule has 25 heavy (non-hydrogen) atoms. The van der Waals surface area contributed by atoms with Crippen LogP contribution in [0.4, 0.5) is 5.13 Å². The van der Waals surface area contributed by atoms with Gasteiger partial charge in [0.1, 0.15) is 11.5 Å². The van der Waals surface area contributed by atoms with E-state index in [1.54, 1.807) is 31.2 Å². The van der Waals surface area contributed by atoms with Gasteiger partial charge in [0.15, 0.2) is 10.9 Å². The summed E-state index contributed by atoms with van der Waals surface area (Å²) >= 11 is 1.17. The number of Topliss-reactive ketones (excluding diaryl/α,β-unsaturated/α-hetero) is 1. The van der Waals surface area contributed by atoms with Crippen LogP contribution in [0.3, 0.4) is 0 Å². The molecule has 0 radical (unpaired) electrons. The van der Waals surface area contributed by atoms with Gasteiger partial charge in [-0.15, -0.1) is 0 Å². The third-order valence-electron chi connectivity index (χ3n) is 3.44. The molecular weight excluding hydrogens is 336 g/mol. The number of nitrogens with one attached hydrogen (secondary N) is 1. The molecule has 0 saturated heterocycles. The summed E-state index contributed by atoms with van der Waals surface area (Å²) in [6.45, 7) is 3.23. The lowest BCUT2D eigenvalue weighted by Gasteiger charge is -2.10. The quantitative estimate of drug-likeness (QED) is 0.676. The van der Waals surface area contributed by atoms with Crippen molar-refractivity contribution in [1.29, 1.82) is 0 Å². The lowest BCUT2D eigenvalue weighted by atomic mass is 10.2.